The molecule has 1 heterocycles. The first-order chi connectivity index (χ1) is 11.0. The van der Waals surface area contributed by atoms with Gasteiger partial charge in [-0.3, -0.25) is 9.59 Å². The zero-order chi connectivity index (χ0) is 16.8. The summed E-state index contributed by atoms with van der Waals surface area (Å²) in [5.41, 5.74) is 0.470. The molecule has 1 aromatic carbocycles. The second-order valence-corrected chi connectivity index (χ2v) is 5.29. The molecule has 0 fully saturated rings. The summed E-state index contributed by atoms with van der Waals surface area (Å²) in [4.78, 5) is 23.7. The van der Waals surface area contributed by atoms with E-state index in [1.54, 1.807) is 38.1 Å². The quantitative estimate of drug-likeness (QED) is 0.853. The summed E-state index contributed by atoms with van der Waals surface area (Å²) in [5.74, 6) is -0.659. The lowest BCUT2D eigenvalue weighted by Crippen LogP contribution is -2.36. The Morgan fingerprint density at radius 2 is 2.09 bits per heavy atom. The predicted molar refractivity (Wildman–Crippen MR) is 82.1 cm³/mol. The Labute approximate surface area is 133 Å². The van der Waals surface area contributed by atoms with Crippen molar-refractivity contribution in [3.05, 3.63) is 47.5 Å². The maximum atomic E-state index is 13.6. The number of nitrogens with one attached hydrogen (secondary N) is 2. The maximum Gasteiger partial charge on any atom is 0.245 e. The summed E-state index contributed by atoms with van der Waals surface area (Å²) in [6.45, 7) is 3.20. The lowest BCUT2D eigenvalue weighted by molar-refractivity contribution is -0.126. The maximum absolute atomic E-state index is 13.6. The third-order valence-electron chi connectivity index (χ3n) is 3.25. The first-order valence-corrected chi connectivity index (χ1v) is 7.20. The molecule has 0 aliphatic heterocycles. The van der Waals surface area contributed by atoms with Gasteiger partial charge in [0.15, 0.2) is 5.82 Å². The van der Waals surface area contributed by atoms with Crippen LogP contribution in [0.25, 0.3) is 0 Å². The molecule has 6 nitrogen and oxygen atoms in total. The van der Waals surface area contributed by atoms with Gasteiger partial charge in [-0.05, 0) is 25.0 Å². The highest BCUT2D eigenvalue weighted by atomic mass is 19.1. The van der Waals surface area contributed by atoms with Crippen molar-refractivity contribution in [3.8, 4) is 0 Å². The highest BCUT2D eigenvalue weighted by Crippen LogP contribution is 2.12. The monoisotopic (exact) mass is 319 g/mol. The molecule has 0 aliphatic carbocycles. The summed E-state index contributed by atoms with van der Waals surface area (Å²) in [6, 6.07) is 7.88. The van der Waals surface area contributed by atoms with E-state index in [4.69, 9.17) is 4.52 Å². The minimum absolute atomic E-state index is 0.188. The van der Waals surface area contributed by atoms with E-state index < -0.39 is 11.8 Å². The van der Waals surface area contributed by atoms with Crippen LogP contribution in [-0.4, -0.2) is 23.5 Å². The number of benzene rings is 1. The van der Waals surface area contributed by atoms with Gasteiger partial charge in [-0.25, -0.2) is 4.39 Å². The zero-order valence-electron chi connectivity index (χ0n) is 12.9. The van der Waals surface area contributed by atoms with Gasteiger partial charge < -0.3 is 15.2 Å². The number of rotatable bonds is 6. The smallest absolute Gasteiger partial charge is 0.245 e. The van der Waals surface area contributed by atoms with Crippen LogP contribution in [0.3, 0.4) is 0 Å². The van der Waals surface area contributed by atoms with Gasteiger partial charge >= 0.3 is 0 Å². The average molecular weight is 319 g/mol. The van der Waals surface area contributed by atoms with Gasteiger partial charge in [-0.1, -0.05) is 30.3 Å². The molecule has 1 aromatic heterocycles. The number of amides is 2. The Morgan fingerprint density at radius 1 is 1.35 bits per heavy atom. The Hall–Kier alpha value is -2.70. The van der Waals surface area contributed by atoms with E-state index >= 15 is 0 Å². The second-order valence-electron chi connectivity index (χ2n) is 5.29. The summed E-state index contributed by atoms with van der Waals surface area (Å²) >= 11 is 0. The fourth-order valence-electron chi connectivity index (χ4n) is 2.04. The van der Waals surface area contributed by atoms with E-state index in [-0.39, 0.29) is 24.7 Å². The van der Waals surface area contributed by atoms with Crippen LogP contribution in [0.4, 0.5) is 10.2 Å². The summed E-state index contributed by atoms with van der Waals surface area (Å²) in [7, 11) is 0. The first kappa shape index (κ1) is 16.7. The number of carbonyl (C=O) groups excluding carboxylic acids is 2. The van der Waals surface area contributed by atoms with Crippen molar-refractivity contribution in [2.24, 2.45) is 5.92 Å². The van der Waals surface area contributed by atoms with Gasteiger partial charge in [-0.15, -0.1) is 0 Å². The molecule has 0 spiro atoms. The van der Waals surface area contributed by atoms with E-state index in [1.807, 2.05) is 0 Å². The molecule has 0 saturated carbocycles. The van der Waals surface area contributed by atoms with Crippen molar-refractivity contribution in [2.45, 2.75) is 20.3 Å². The Bertz CT molecular complexity index is 699. The van der Waals surface area contributed by atoms with Crippen LogP contribution >= 0.6 is 0 Å². The number of aryl methyl sites for hydroxylation is 1. The number of nitrogens with zero attached hydrogens (tertiary/aromatic N) is 1. The highest BCUT2D eigenvalue weighted by Gasteiger charge is 2.16. The van der Waals surface area contributed by atoms with Crippen LogP contribution in [0.1, 0.15) is 18.2 Å². The Morgan fingerprint density at radius 3 is 2.74 bits per heavy atom. The average Bonchev–Trinajstić information content (AvgIpc) is 2.92. The van der Waals surface area contributed by atoms with E-state index in [9.17, 15) is 14.0 Å². The minimum atomic E-state index is -0.450. The topological polar surface area (TPSA) is 84.2 Å². The number of halogens is 1. The summed E-state index contributed by atoms with van der Waals surface area (Å²) in [5, 5.41) is 8.64. The molecule has 23 heavy (non-hydrogen) atoms. The molecular weight excluding hydrogens is 301 g/mol. The van der Waals surface area contributed by atoms with Gasteiger partial charge in [0.05, 0.1) is 6.54 Å². The van der Waals surface area contributed by atoms with Crippen molar-refractivity contribution < 1.29 is 18.5 Å². The van der Waals surface area contributed by atoms with Crippen molar-refractivity contribution in [1.82, 2.24) is 10.5 Å². The first-order valence-electron chi connectivity index (χ1n) is 7.20. The highest BCUT2D eigenvalue weighted by molar-refractivity contribution is 5.94. The van der Waals surface area contributed by atoms with Gasteiger partial charge in [0.2, 0.25) is 11.8 Å². The van der Waals surface area contributed by atoms with Crippen LogP contribution in [-0.2, 0) is 16.0 Å². The number of hydrogen-bond acceptors (Lipinski definition) is 4. The van der Waals surface area contributed by atoms with E-state index in [0.29, 0.717) is 17.1 Å². The SMILES string of the molecule is Cc1cc(NC(=O)CNC(=O)C(C)Cc2ccccc2F)no1. The normalized spacial score (nSPS) is 11.8. The van der Waals surface area contributed by atoms with Crippen molar-refractivity contribution in [3.63, 3.8) is 0 Å². The molecule has 2 aromatic rings. The molecule has 0 aliphatic rings. The van der Waals surface area contributed by atoms with E-state index in [0.717, 1.165) is 0 Å². The molecule has 2 amide bonds. The molecule has 1 unspecified atom stereocenters. The van der Waals surface area contributed by atoms with Gasteiger partial charge in [0.1, 0.15) is 11.6 Å². The van der Waals surface area contributed by atoms with E-state index in [1.165, 1.54) is 6.07 Å². The van der Waals surface area contributed by atoms with Crippen LogP contribution < -0.4 is 10.6 Å². The lowest BCUT2D eigenvalue weighted by atomic mass is 10.00. The number of aromatic nitrogens is 1. The molecule has 122 valence electrons. The molecule has 2 rings (SSSR count). The van der Waals surface area contributed by atoms with Gasteiger partial charge in [-0.2, -0.15) is 0 Å². The third-order valence-corrected chi connectivity index (χ3v) is 3.25. The molecular formula is C16H18FN3O3. The Balaban J connectivity index is 1.79. The predicted octanol–water partition coefficient (Wildman–Crippen LogP) is 2.06. The van der Waals surface area contributed by atoms with Crippen LogP contribution in [0, 0.1) is 18.7 Å². The van der Waals surface area contributed by atoms with Crippen molar-refractivity contribution >= 4 is 17.6 Å². The standard InChI is InChI=1S/C16H18FN3O3/c1-10(7-12-5-3-4-6-13(12)17)16(22)18-9-15(21)19-14-8-11(2)23-20-14/h3-6,8,10H,7,9H2,1-2H3,(H,18,22)(H,19,20,21). The second kappa shape index (κ2) is 7.53. The zero-order valence-corrected chi connectivity index (χ0v) is 12.9. The fraction of sp³-hybridized carbons (Fsp3) is 0.312. The molecule has 0 bridgehead atoms. The van der Waals surface area contributed by atoms with Crippen molar-refractivity contribution in [1.29, 1.82) is 0 Å². The number of anilines is 1. The third kappa shape index (κ3) is 4.91. The molecule has 1 atom stereocenters. The summed E-state index contributed by atoms with van der Waals surface area (Å²) in [6.07, 6.45) is 0.266. The number of hydrogen-bond donors (Lipinski definition) is 2. The fourth-order valence-corrected chi connectivity index (χ4v) is 2.04. The molecule has 2 N–H and O–H groups in total. The minimum Gasteiger partial charge on any atom is -0.360 e. The van der Waals surface area contributed by atoms with Gasteiger partial charge in [0, 0.05) is 12.0 Å². The van der Waals surface area contributed by atoms with Crippen LogP contribution in [0.5, 0.6) is 0 Å². The Kier molecular flexibility index (Phi) is 5.46. The van der Waals surface area contributed by atoms with Gasteiger partial charge in [0.25, 0.3) is 0 Å². The largest absolute Gasteiger partial charge is 0.360 e. The van der Waals surface area contributed by atoms with Crippen LogP contribution in [0.15, 0.2) is 34.9 Å². The lowest BCUT2D eigenvalue weighted by Gasteiger charge is -2.12. The van der Waals surface area contributed by atoms with Crippen LogP contribution in [0.2, 0.25) is 0 Å². The molecule has 7 heteroatoms. The summed E-state index contributed by atoms with van der Waals surface area (Å²) < 4.78 is 18.4. The van der Waals surface area contributed by atoms with E-state index in [2.05, 4.69) is 15.8 Å². The molecule has 0 radical (unpaired) electrons. The number of carbonyl (C=O) groups is 2. The molecule has 0 saturated heterocycles. The van der Waals surface area contributed by atoms with Crippen molar-refractivity contribution in [2.75, 3.05) is 11.9 Å².